The van der Waals surface area contributed by atoms with Crippen LogP contribution >= 0.6 is 0 Å². The van der Waals surface area contributed by atoms with E-state index in [1.165, 1.54) is 199 Å². The van der Waals surface area contributed by atoms with Crippen LogP contribution in [0.2, 0.25) is 0 Å². The third-order valence-electron chi connectivity index (χ3n) is 15.7. The van der Waals surface area contributed by atoms with Crippen LogP contribution in [0.1, 0.15) is 303 Å². The predicted molar refractivity (Wildman–Crippen MR) is 333 cm³/mol. The van der Waals surface area contributed by atoms with Crippen LogP contribution in [0.3, 0.4) is 0 Å². The summed E-state index contributed by atoms with van der Waals surface area (Å²) in [6.07, 6.45) is 66.7. The van der Waals surface area contributed by atoms with Gasteiger partial charge in [-0.25, -0.2) is 0 Å². The first-order valence-corrected chi connectivity index (χ1v) is 33.5. The second-order valence-corrected chi connectivity index (χ2v) is 23.2. The Morgan fingerprint density at radius 2 is 0.900 bits per heavy atom. The molecule has 11 nitrogen and oxygen atoms in total. The number of allylic oxidation sites excluding steroid dienone is 9. The molecule has 0 radical (unpaired) electrons. The van der Waals surface area contributed by atoms with Gasteiger partial charge in [-0.2, -0.15) is 0 Å². The lowest BCUT2D eigenvalue weighted by Gasteiger charge is -2.40. The predicted octanol–water partition coefficient (Wildman–Crippen LogP) is 16.6. The van der Waals surface area contributed by atoms with Crippen molar-refractivity contribution < 1.29 is 49.3 Å². The number of carbonyl (C=O) groups is 2. The zero-order chi connectivity index (χ0) is 58.0. The molecule has 1 fully saturated rings. The number of rotatable bonds is 58. The summed E-state index contributed by atoms with van der Waals surface area (Å²) in [6.45, 7) is 4.10. The average molecular weight is 1130 g/mol. The van der Waals surface area contributed by atoms with Crippen molar-refractivity contribution in [3.8, 4) is 0 Å². The molecule has 11 heteroatoms. The summed E-state index contributed by atoms with van der Waals surface area (Å²) in [6, 6.07) is -0.837. The maximum absolute atomic E-state index is 13.0. The SMILES string of the molecule is C/C=C/CC/C=C/CC/C=C/C(O)C(COC1OC(CO)C(O)C(O)C1O)NC(=O)CCCCCCCCCCCCC/C=C\C/C=C\CCCCCCCCCCCOC(=O)CCCCCCCCCCCCCCCCCC. The van der Waals surface area contributed by atoms with Crippen LogP contribution in [0, 0.1) is 0 Å². The lowest BCUT2D eigenvalue weighted by Crippen LogP contribution is -2.60. The van der Waals surface area contributed by atoms with Gasteiger partial charge < -0.3 is 45.1 Å². The zero-order valence-electron chi connectivity index (χ0n) is 51.5. The monoisotopic (exact) mass is 1130 g/mol. The molecule has 0 spiro atoms. The largest absolute Gasteiger partial charge is 0.466 e. The Balaban J connectivity index is 1.96. The molecule has 1 amide bonds. The van der Waals surface area contributed by atoms with E-state index in [0.717, 1.165) is 77.0 Å². The number of esters is 1. The van der Waals surface area contributed by atoms with E-state index < -0.39 is 49.5 Å². The molecule has 1 rings (SSSR count). The maximum Gasteiger partial charge on any atom is 0.305 e. The fourth-order valence-corrected chi connectivity index (χ4v) is 10.4. The standard InChI is InChI=1S/C69H125NO10/c1-3-5-7-9-11-13-14-15-16-31-34-37-41-45-49-53-57-65(74)78-58-54-50-46-42-38-35-32-29-27-25-23-21-19-17-18-20-22-24-26-28-30-33-36-40-44-48-52-56-64(73)70-61(62(72)55-51-47-43-39-12-10-8-6-4-2)60-79-69-68(77)67(76)66(75)63(59-71)80-69/h4,6,12,17-18,21,23,39,51,55,61-63,66-69,71-72,75-77H,3,5,7-11,13-16,19-20,22,24-38,40-50,52-54,56-60H2,1-2H3,(H,70,73)/b6-4+,18-17-,23-21-,39-12+,55-51+. The van der Waals surface area contributed by atoms with Gasteiger partial charge in [-0.3, -0.25) is 9.59 Å². The van der Waals surface area contributed by atoms with Gasteiger partial charge >= 0.3 is 5.97 Å². The highest BCUT2D eigenvalue weighted by Crippen LogP contribution is 2.23. The Morgan fingerprint density at radius 3 is 1.38 bits per heavy atom. The Hall–Kier alpha value is -2.64. The average Bonchev–Trinajstić information content (AvgIpc) is 3.46. The van der Waals surface area contributed by atoms with Gasteiger partial charge in [0.15, 0.2) is 6.29 Å². The van der Waals surface area contributed by atoms with Gasteiger partial charge in [-0.05, 0) is 84.0 Å². The first-order valence-electron chi connectivity index (χ1n) is 33.5. The summed E-state index contributed by atoms with van der Waals surface area (Å²) in [5, 5.41) is 54.2. The molecular weight excluding hydrogens is 1000 g/mol. The minimum atomic E-state index is -1.58. The van der Waals surface area contributed by atoms with E-state index in [1.807, 2.05) is 19.1 Å². The molecule has 1 saturated heterocycles. The summed E-state index contributed by atoms with van der Waals surface area (Å²) >= 11 is 0. The quantitative estimate of drug-likeness (QED) is 0.0195. The topological polar surface area (TPSA) is 175 Å². The fourth-order valence-electron chi connectivity index (χ4n) is 10.4. The normalized spacial score (nSPS) is 18.7. The molecule has 1 aliphatic heterocycles. The molecule has 1 aliphatic rings. The van der Waals surface area contributed by atoms with Crippen molar-refractivity contribution in [2.45, 2.75) is 346 Å². The van der Waals surface area contributed by atoms with E-state index in [9.17, 15) is 35.1 Å². The lowest BCUT2D eigenvalue weighted by molar-refractivity contribution is -0.302. The number of hydrogen-bond acceptors (Lipinski definition) is 10. The molecule has 0 aromatic carbocycles. The fraction of sp³-hybridized carbons (Fsp3) is 0.826. The number of aliphatic hydroxyl groups excluding tert-OH is 5. The minimum absolute atomic E-state index is 0.00357. The highest BCUT2D eigenvalue weighted by molar-refractivity contribution is 5.76. The third kappa shape index (κ3) is 46.8. The zero-order valence-corrected chi connectivity index (χ0v) is 51.5. The van der Waals surface area contributed by atoms with Crippen LogP contribution in [0.25, 0.3) is 0 Å². The number of nitrogens with one attached hydrogen (secondary N) is 1. The highest BCUT2D eigenvalue weighted by Gasteiger charge is 2.44. The van der Waals surface area contributed by atoms with Crippen molar-refractivity contribution in [1.82, 2.24) is 5.32 Å². The Labute approximate surface area is 490 Å². The van der Waals surface area contributed by atoms with Crippen LogP contribution in [0.4, 0.5) is 0 Å². The number of hydrogen-bond donors (Lipinski definition) is 6. The van der Waals surface area contributed by atoms with Gasteiger partial charge in [0.05, 0.1) is 32.0 Å². The summed E-state index contributed by atoms with van der Waals surface area (Å²) in [7, 11) is 0. The second kappa shape index (κ2) is 58.1. The number of ether oxygens (including phenoxy) is 3. The molecule has 0 bridgehead atoms. The number of carbonyl (C=O) groups excluding carboxylic acids is 2. The van der Waals surface area contributed by atoms with Crippen molar-refractivity contribution in [3.63, 3.8) is 0 Å². The molecule has 0 aliphatic carbocycles. The second-order valence-electron chi connectivity index (χ2n) is 23.2. The minimum Gasteiger partial charge on any atom is -0.466 e. The van der Waals surface area contributed by atoms with Crippen molar-refractivity contribution >= 4 is 11.9 Å². The summed E-state index contributed by atoms with van der Waals surface area (Å²) in [5.74, 6) is -0.199. The summed E-state index contributed by atoms with van der Waals surface area (Å²) in [4.78, 5) is 25.1. The Bertz CT molecular complexity index is 1510. The molecule has 7 atom stereocenters. The van der Waals surface area contributed by atoms with Crippen molar-refractivity contribution in [1.29, 1.82) is 0 Å². The van der Waals surface area contributed by atoms with Crippen molar-refractivity contribution in [3.05, 3.63) is 60.8 Å². The molecule has 80 heavy (non-hydrogen) atoms. The Morgan fingerprint density at radius 1 is 0.487 bits per heavy atom. The van der Waals surface area contributed by atoms with Crippen LogP contribution < -0.4 is 5.32 Å². The molecule has 466 valence electrons. The van der Waals surface area contributed by atoms with Gasteiger partial charge in [0.2, 0.25) is 5.91 Å². The van der Waals surface area contributed by atoms with Gasteiger partial charge in [0, 0.05) is 12.8 Å². The maximum atomic E-state index is 13.0. The van der Waals surface area contributed by atoms with Crippen LogP contribution in [0.15, 0.2) is 60.8 Å². The molecule has 0 aromatic rings. The molecule has 1 heterocycles. The van der Waals surface area contributed by atoms with Crippen LogP contribution in [-0.2, 0) is 23.8 Å². The molecular formula is C69H125NO10. The van der Waals surface area contributed by atoms with E-state index >= 15 is 0 Å². The van der Waals surface area contributed by atoms with Gasteiger partial charge in [0.1, 0.15) is 24.4 Å². The molecule has 6 N–H and O–H groups in total. The van der Waals surface area contributed by atoms with E-state index in [4.69, 9.17) is 14.2 Å². The first kappa shape index (κ1) is 75.4. The number of aliphatic hydroxyl groups is 5. The number of amides is 1. The van der Waals surface area contributed by atoms with E-state index in [-0.39, 0.29) is 18.5 Å². The summed E-state index contributed by atoms with van der Waals surface area (Å²) < 4.78 is 16.7. The van der Waals surface area contributed by atoms with Gasteiger partial charge in [-0.1, -0.05) is 267 Å². The number of unbranched alkanes of at least 4 members (excludes halogenated alkanes) is 37. The lowest BCUT2D eigenvalue weighted by atomic mass is 9.99. The molecule has 0 aromatic heterocycles. The smallest absolute Gasteiger partial charge is 0.305 e. The molecule has 7 unspecified atom stereocenters. The van der Waals surface area contributed by atoms with Crippen molar-refractivity contribution in [2.75, 3.05) is 19.8 Å². The summed E-state index contributed by atoms with van der Waals surface area (Å²) in [5.41, 5.74) is 0. The van der Waals surface area contributed by atoms with E-state index in [2.05, 4.69) is 54.8 Å². The van der Waals surface area contributed by atoms with Crippen LogP contribution in [0.5, 0.6) is 0 Å². The van der Waals surface area contributed by atoms with Gasteiger partial charge in [0.25, 0.3) is 0 Å². The third-order valence-corrected chi connectivity index (χ3v) is 15.7. The van der Waals surface area contributed by atoms with Crippen LogP contribution in [-0.4, -0.2) is 100 Å². The van der Waals surface area contributed by atoms with E-state index in [1.54, 1.807) is 6.08 Å². The first-order chi connectivity index (χ1) is 39.2. The van der Waals surface area contributed by atoms with Crippen molar-refractivity contribution in [2.24, 2.45) is 0 Å². The van der Waals surface area contributed by atoms with E-state index in [0.29, 0.717) is 19.4 Å². The van der Waals surface area contributed by atoms with Gasteiger partial charge in [-0.15, -0.1) is 0 Å². The Kier molecular flexibility index (Phi) is 54.8. The molecule has 0 saturated carbocycles. The highest BCUT2D eigenvalue weighted by atomic mass is 16.7.